The van der Waals surface area contributed by atoms with Gasteiger partial charge in [-0.25, -0.2) is 4.98 Å². The number of aryl methyl sites for hydroxylation is 2. The molecule has 2 aromatic heterocycles. The van der Waals surface area contributed by atoms with Crippen molar-refractivity contribution in [1.82, 2.24) is 20.1 Å². The number of carbonyl (C=O) groups is 1. The maximum Gasteiger partial charge on any atom is 0.278 e. The monoisotopic (exact) mass is 460 g/mol. The summed E-state index contributed by atoms with van der Waals surface area (Å²) in [5.41, 5.74) is 3.22. The number of carbonyl (C=O) groups excluding carboxylic acids is 1. The van der Waals surface area contributed by atoms with Crippen molar-refractivity contribution in [3.05, 3.63) is 88.7 Å². The van der Waals surface area contributed by atoms with Crippen LogP contribution in [0.25, 0.3) is 0 Å². The van der Waals surface area contributed by atoms with E-state index in [1.807, 2.05) is 49.4 Å². The summed E-state index contributed by atoms with van der Waals surface area (Å²) in [4.78, 5) is 17.4. The molecular weight excluding hydrogens is 436 g/mol. The minimum absolute atomic E-state index is 0.0829. The number of hydrogen-bond donors (Lipinski definition) is 1. The fraction of sp³-hybridized carbons (Fsp3) is 0.240. The third-order valence-corrected chi connectivity index (χ3v) is 6.30. The molecule has 1 unspecified atom stereocenters. The molecule has 3 heterocycles. The molecule has 7 nitrogen and oxygen atoms in total. The molecule has 5 rings (SSSR count). The molecule has 0 saturated carbocycles. The topological polar surface area (TPSA) is 78.3 Å². The van der Waals surface area contributed by atoms with E-state index in [0.29, 0.717) is 11.7 Å². The van der Waals surface area contributed by atoms with E-state index in [0.717, 1.165) is 40.5 Å². The number of thiazole rings is 1. The van der Waals surface area contributed by atoms with Crippen LogP contribution < -0.4 is 14.8 Å². The summed E-state index contributed by atoms with van der Waals surface area (Å²) >= 11 is 1.41. The molecule has 33 heavy (non-hydrogen) atoms. The van der Waals surface area contributed by atoms with E-state index in [9.17, 15) is 4.79 Å². The first-order valence-electron chi connectivity index (χ1n) is 10.9. The van der Waals surface area contributed by atoms with Gasteiger partial charge in [0.15, 0.2) is 0 Å². The van der Waals surface area contributed by atoms with Gasteiger partial charge in [-0.1, -0.05) is 41.7 Å². The number of nitrogens with zero attached hydrogens (tertiary/aromatic N) is 3. The summed E-state index contributed by atoms with van der Waals surface area (Å²) in [6, 6.07) is 18.1. The summed E-state index contributed by atoms with van der Waals surface area (Å²) in [7, 11) is 0. The van der Waals surface area contributed by atoms with Crippen LogP contribution in [0.2, 0.25) is 0 Å². The van der Waals surface area contributed by atoms with Crippen molar-refractivity contribution >= 4 is 17.2 Å². The van der Waals surface area contributed by atoms with Crippen LogP contribution in [0.15, 0.2) is 67.0 Å². The number of aromatic nitrogens is 3. The summed E-state index contributed by atoms with van der Waals surface area (Å²) < 4.78 is 13.8. The Morgan fingerprint density at radius 2 is 2.12 bits per heavy atom. The second-order valence-corrected chi connectivity index (χ2v) is 9.03. The van der Waals surface area contributed by atoms with E-state index in [-0.39, 0.29) is 18.6 Å². The molecule has 168 valence electrons. The van der Waals surface area contributed by atoms with Crippen LogP contribution in [0.3, 0.4) is 0 Å². The van der Waals surface area contributed by atoms with Gasteiger partial charge in [0.25, 0.3) is 5.19 Å². The van der Waals surface area contributed by atoms with Crippen LogP contribution in [-0.2, 0) is 24.3 Å². The lowest BCUT2D eigenvalue weighted by Crippen LogP contribution is -2.27. The zero-order valence-corrected chi connectivity index (χ0v) is 19.0. The van der Waals surface area contributed by atoms with Crippen LogP contribution in [0, 0.1) is 6.92 Å². The van der Waals surface area contributed by atoms with Crippen LogP contribution in [-0.4, -0.2) is 20.7 Å². The minimum atomic E-state index is -0.0996. The molecule has 1 amide bonds. The van der Waals surface area contributed by atoms with Gasteiger partial charge in [-0.2, -0.15) is 5.10 Å². The van der Waals surface area contributed by atoms with Gasteiger partial charge < -0.3 is 14.8 Å². The first-order chi connectivity index (χ1) is 16.1. The van der Waals surface area contributed by atoms with Crippen molar-refractivity contribution in [1.29, 1.82) is 0 Å². The molecule has 1 aliphatic rings. The van der Waals surface area contributed by atoms with E-state index >= 15 is 0 Å². The highest BCUT2D eigenvalue weighted by Crippen LogP contribution is 2.38. The van der Waals surface area contributed by atoms with Gasteiger partial charge in [-0.3, -0.25) is 9.48 Å². The molecule has 2 aromatic carbocycles. The molecule has 0 spiro atoms. The maximum absolute atomic E-state index is 12.1. The van der Waals surface area contributed by atoms with Crippen molar-refractivity contribution in [2.75, 3.05) is 0 Å². The van der Waals surface area contributed by atoms with Gasteiger partial charge >= 0.3 is 0 Å². The lowest BCUT2D eigenvalue weighted by molar-refractivity contribution is -0.122. The Bertz CT molecular complexity index is 1250. The summed E-state index contributed by atoms with van der Waals surface area (Å²) in [5, 5.41) is 7.66. The quantitative estimate of drug-likeness (QED) is 0.428. The lowest BCUT2D eigenvalue weighted by atomic mass is 9.97. The Balaban J connectivity index is 1.16. The van der Waals surface area contributed by atoms with Crippen molar-refractivity contribution < 1.29 is 14.3 Å². The van der Waals surface area contributed by atoms with Crippen molar-refractivity contribution in [2.45, 2.75) is 39.0 Å². The SMILES string of the molecule is Cc1ccn(CC(=O)NCc2cnc(Oc3ccc4c(c3)CCC(c3ccccc3)O4)s2)n1. The fourth-order valence-corrected chi connectivity index (χ4v) is 4.51. The molecule has 0 bridgehead atoms. The molecule has 0 radical (unpaired) electrons. The number of hydrogen-bond acceptors (Lipinski definition) is 6. The van der Waals surface area contributed by atoms with Gasteiger partial charge in [-0.05, 0) is 55.2 Å². The van der Waals surface area contributed by atoms with E-state index in [2.05, 4.69) is 27.5 Å². The van der Waals surface area contributed by atoms with Gasteiger partial charge in [-0.15, -0.1) is 0 Å². The Morgan fingerprint density at radius 3 is 2.94 bits per heavy atom. The van der Waals surface area contributed by atoms with E-state index in [1.54, 1.807) is 17.1 Å². The number of rotatable bonds is 7. The molecule has 0 saturated heterocycles. The Kier molecular flexibility index (Phi) is 6.08. The van der Waals surface area contributed by atoms with Gasteiger partial charge in [0, 0.05) is 17.3 Å². The molecular formula is C25H24N4O3S. The van der Waals surface area contributed by atoms with Crippen molar-refractivity contribution in [3.63, 3.8) is 0 Å². The van der Waals surface area contributed by atoms with Crippen molar-refractivity contribution in [2.24, 2.45) is 0 Å². The Labute approximate surface area is 196 Å². The normalized spacial score (nSPS) is 14.9. The van der Waals surface area contributed by atoms with Crippen LogP contribution >= 0.6 is 11.3 Å². The van der Waals surface area contributed by atoms with Gasteiger partial charge in [0.2, 0.25) is 5.91 Å². The number of amides is 1. The van der Waals surface area contributed by atoms with Crippen LogP contribution in [0.5, 0.6) is 16.7 Å². The van der Waals surface area contributed by atoms with Crippen LogP contribution in [0.4, 0.5) is 0 Å². The zero-order chi connectivity index (χ0) is 22.6. The second-order valence-electron chi connectivity index (χ2n) is 7.95. The highest BCUT2D eigenvalue weighted by molar-refractivity contribution is 7.13. The Hall–Kier alpha value is -3.65. The largest absolute Gasteiger partial charge is 0.485 e. The first kappa shape index (κ1) is 21.2. The molecule has 4 aromatic rings. The van der Waals surface area contributed by atoms with Crippen molar-refractivity contribution in [3.8, 4) is 16.7 Å². The van der Waals surface area contributed by atoms with E-state index in [1.165, 1.54) is 16.9 Å². The predicted octanol–water partition coefficient (Wildman–Crippen LogP) is 4.82. The molecule has 1 N–H and O–H groups in total. The maximum atomic E-state index is 12.1. The number of benzene rings is 2. The third-order valence-electron chi connectivity index (χ3n) is 5.43. The Morgan fingerprint density at radius 1 is 1.24 bits per heavy atom. The summed E-state index contributed by atoms with van der Waals surface area (Å²) in [6.45, 7) is 2.49. The highest BCUT2D eigenvalue weighted by atomic mass is 32.1. The molecule has 1 aliphatic heterocycles. The van der Waals surface area contributed by atoms with Gasteiger partial charge in [0.1, 0.15) is 24.1 Å². The highest BCUT2D eigenvalue weighted by Gasteiger charge is 2.21. The average Bonchev–Trinajstić information content (AvgIpc) is 3.46. The summed E-state index contributed by atoms with van der Waals surface area (Å²) in [6.07, 6.45) is 5.46. The molecule has 0 fully saturated rings. The third kappa shape index (κ3) is 5.23. The smallest absolute Gasteiger partial charge is 0.278 e. The van der Waals surface area contributed by atoms with E-state index < -0.39 is 0 Å². The molecule has 8 heteroatoms. The predicted molar refractivity (Wildman–Crippen MR) is 126 cm³/mol. The molecule has 0 aliphatic carbocycles. The van der Waals surface area contributed by atoms with Crippen LogP contribution in [0.1, 0.15) is 34.2 Å². The average molecular weight is 461 g/mol. The number of ether oxygens (including phenoxy) is 2. The molecule has 1 atom stereocenters. The second kappa shape index (κ2) is 9.46. The fourth-order valence-electron chi connectivity index (χ4n) is 3.79. The standard InChI is InChI=1S/C25H24N4O3S/c1-17-11-12-29(28-17)16-24(30)26-14-21-15-27-25(33-21)31-20-8-10-23-19(13-20)7-9-22(32-23)18-5-3-2-4-6-18/h2-6,8,10-13,15,22H,7,9,14,16H2,1H3,(H,26,30). The van der Waals surface area contributed by atoms with E-state index in [4.69, 9.17) is 9.47 Å². The summed E-state index contributed by atoms with van der Waals surface area (Å²) in [5.74, 6) is 1.53. The lowest BCUT2D eigenvalue weighted by Gasteiger charge is -2.26. The zero-order valence-electron chi connectivity index (χ0n) is 18.2. The van der Waals surface area contributed by atoms with Gasteiger partial charge in [0.05, 0.1) is 12.2 Å². The minimum Gasteiger partial charge on any atom is -0.485 e. The number of nitrogens with one attached hydrogen (secondary N) is 1. The first-order valence-corrected chi connectivity index (χ1v) is 11.7. The number of fused-ring (bicyclic) bond motifs is 1.